The Morgan fingerprint density at radius 2 is 1.57 bits per heavy atom. The van der Waals surface area contributed by atoms with Crippen LogP contribution in [0.1, 0.15) is 64.3 Å². The van der Waals surface area contributed by atoms with E-state index in [-0.39, 0.29) is 4.75 Å². The van der Waals surface area contributed by atoms with Crippen LogP contribution < -0.4 is 5.32 Å². The van der Waals surface area contributed by atoms with E-state index < -0.39 is 0 Å². The lowest BCUT2D eigenvalue weighted by Crippen LogP contribution is -2.19. The van der Waals surface area contributed by atoms with Gasteiger partial charge in [0.1, 0.15) is 5.82 Å². The number of aryl methyl sites for hydroxylation is 2. The van der Waals surface area contributed by atoms with Crippen molar-refractivity contribution >= 4 is 11.8 Å². The van der Waals surface area contributed by atoms with Gasteiger partial charge in [-0.05, 0) is 37.9 Å². The molecule has 0 amide bonds. The van der Waals surface area contributed by atoms with Crippen molar-refractivity contribution in [2.24, 2.45) is 0 Å². The second kappa shape index (κ2) is 8.74. The molecule has 120 valence electrons. The van der Waals surface area contributed by atoms with E-state index in [0.717, 1.165) is 43.9 Å². The number of likely N-dealkylation sites (N-methyl/N-ethyl adjacent to an activating group) is 1. The highest BCUT2D eigenvalue weighted by molar-refractivity contribution is 7.99. The van der Waals surface area contributed by atoms with Gasteiger partial charge in [0, 0.05) is 16.1 Å². The van der Waals surface area contributed by atoms with Gasteiger partial charge in [0.15, 0.2) is 0 Å². The molecule has 0 aliphatic heterocycles. The van der Waals surface area contributed by atoms with Crippen molar-refractivity contribution in [3.05, 3.63) is 22.8 Å². The number of nitrogens with zero attached hydrogens (tertiary/aromatic N) is 2. The van der Waals surface area contributed by atoms with Gasteiger partial charge in [-0.3, -0.25) is 0 Å². The third-order valence-electron chi connectivity index (χ3n) is 3.33. The molecule has 0 aliphatic rings. The Bertz CT molecular complexity index is 413. The van der Waals surface area contributed by atoms with Crippen molar-refractivity contribution in [1.82, 2.24) is 15.3 Å². The molecule has 0 saturated heterocycles. The third kappa shape index (κ3) is 6.35. The molecule has 0 bridgehead atoms. The van der Waals surface area contributed by atoms with Gasteiger partial charge >= 0.3 is 0 Å². The third-order valence-corrected chi connectivity index (χ3v) is 4.60. The highest BCUT2D eigenvalue weighted by atomic mass is 32.2. The van der Waals surface area contributed by atoms with Crippen LogP contribution in [0.2, 0.25) is 0 Å². The highest BCUT2D eigenvalue weighted by Crippen LogP contribution is 2.26. The molecule has 0 fully saturated rings. The molecule has 0 radical (unpaired) electrons. The fraction of sp³-hybridized carbons (Fsp3) is 0.765. The second-order valence-corrected chi connectivity index (χ2v) is 8.03. The number of hydrogen-bond donors (Lipinski definition) is 1. The van der Waals surface area contributed by atoms with Crippen molar-refractivity contribution in [2.75, 3.05) is 13.1 Å². The van der Waals surface area contributed by atoms with Gasteiger partial charge in [0.05, 0.1) is 5.75 Å². The predicted octanol–water partition coefficient (Wildman–Crippen LogP) is 3.79. The molecule has 3 nitrogen and oxygen atoms in total. The summed E-state index contributed by atoms with van der Waals surface area (Å²) in [4.78, 5) is 9.64. The lowest BCUT2D eigenvalue weighted by molar-refractivity contribution is 0.698. The van der Waals surface area contributed by atoms with Crippen molar-refractivity contribution in [1.29, 1.82) is 0 Å². The van der Waals surface area contributed by atoms with Gasteiger partial charge in [0.2, 0.25) is 0 Å². The highest BCUT2D eigenvalue weighted by Gasteiger charge is 2.15. The largest absolute Gasteiger partial charge is 0.317 e. The minimum atomic E-state index is 0.256. The molecule has 0 aromatic carbocycles. The van der Waals surface area contributed by atoms with Crippen LogP contribution >= 0.6 is 11.8 Å². The average Bonchev–Trinajstić information content (AvgIpc) is 2.44. The summed E-state index contributed by atoms with van der Waals surface area (Å²) in [6, 6.07) is 0. The second-order valence-electron chi connectivity index (χ2n) is 6.22. The Hall–Kier alpha value is -0.610. The molecular formula is C17H31N3S. The van der Waals surface area contributed by atoms with Gasteiger partial charge in [-0.2, -0.15) is 0 Å². The maximum atomic E-state index is 4.82. The lowest BCUT2D eigenvalue weighted by Gasteiger charge is -2.18. The number of hydrogen-bond acceptors (Lipinski definition) is 4. The number of nitrogens with one attached hydrogen (secondary N) is 1. The summed E-state index contributed by atoms with van der Waals surface area (Å²) >= 11 is 1.92. The standard InChI is InChI=1S/C17H31N3S/c1-7-14-13(10-11-18-9-3)15(8-2)20-16(19-14)12-21-17(4,5)6/h18H,7-12H2,1-6H3. The molecule has 1 rings (SSSR count). The van der Waals surface area contributed by atoms with Crippen LogP contribution in [-0.4, -0.2) is 27.8 Å². The maximum Gasteiger partial charge on any atom is 0.138 e. The van der Waals surface area contributed by atoms with Gasteiger partial charge in [-0.1, -0.05) is 41.5 Å². The zero-order valence-corrected chi connectivity index (χ0v) is 15.4. The van der Waals surface area contributed by atoms with Crippen LogP contribution in [0.3, 0.4) is 0 Å². The first-order valence-corrected chi connectivity index (χ1v) is 9.12. The zero-order chi connectivity index (χ0) is 15.9. The molecule has 0 spiro atoms. The fourth-order valence-electron chi connectivity index (χ4n) is 2.25. The number of thioether (sulfide) groups is 1. The summed E-state index contributed by atoms with van der Waals surface area (Å²) in [5.74, 6) is 1.90. The number of rotatable bonds is 8. The minimum Gasteiger partial charge on any atom is -0.317 e. The predicted molar refractivity (Wildman–Crippen MR) is 94.1 cm³/mol. The van der Waals surface area contributed by atoms with Crippen LogP contribution in [-0.2, 0) is 25.0 Å². The molecule has 0 aliphatic carbocycles. The average molecular weight is 310 g/mol. The van der Waals surface area contributed by atoms with E-state index >= 15 is 0 Å². The monoisotopic (exact) mass is 309 g/mol. The molecule has 1 heterocycles. The zero-order valence-electron chi connectivity index (χ0n) is 14.5. The summed E-state index contributed by atoms with van der Waals surface area (Å²) in [5.41, 5.74) is 3.85. The normalized spacial score (nSPS) is 11.9. The van der Waals surface area contributed by atoms with Crippen LogP contribution in [0.5, 0.6) is 0 Å². The fourth-order valence-corrected chi connectivity index (χ4v) is 2.94. The van der Waals surface area contributed by atoms with Crippen LogP contribution in [0.25, 0.3) is 0 Å². The molecule has 1 aromatic heterocycles. The summed E-state index contributed by atoms with van der Waals surface area (Å²) in [5, 5.41) is 3.40. The quantitative estimate of drug-likeness (QED) is 0.742. The first-order valence-electron chi connectivity index (χ1n) is 8.13. The van der Waals surface area contributed by atoms with E-state index in [9.17, 15) is 0 Å². The molecule has 1 aromatic rings. The SMILES string of the molecule is CCNCCc1c(CC)nc(CSC(C)(C)C)nc1CC. The van der Waals surface area contributed by atoms with E-state index in [0.29, 0.717) is 0 Å². The van der Waals surface area contributed by atoms with Gasteiger partial charge in [0.25, 0.3) is 0 Å². The van der Waals surface area contributed by atoms with E-state index in [1.165, 1.54) is 17.0 Å². The molecule has 0 unspecified atom stereocenters. The molecular weight excluding hydrogens is 278 g/mol. The number of aromatic nitrogens is 2. The van der Waals surface area contributed by atoms with Crippen molar-refractivity contribution in [3.63, 3.8) is 0 Å². The molecule has 21 heavy (non-hydrogen) atoms. The van der Waals surface area contributed by atoms with Gasteiger partial charge in [-0.25, -0.2) is 9.97 Å². The van der Waals surface area contributed by atoms with E-state index in [2.05, 4.69) is 46.9 Å². The van der Waals surface area contributed by atoms with Gasteiger partial charge in [-0.15, -0.1) is 11.8 Å². The summed E-state index contributed by atoms with van der Waals surface area (Å²) < 4.78 is 0.256. The van der Waals surface area contributed by atoms with E-state index in [4.69, 9.17) is 9.97 Å². The maximum absolute atomic E-state index is 4.82. The van der Waals surface area contributed by atoms with Crippen molar-refractivity contribution in [3.8, 4) is 0 Å². The van der Waals surface area contributed by atoms with Crippen LogP contribution in [0.15, 0.2) is 0 Å². The smallest absolute Gasteiger partial charge is 0.138 e. The Morgan fingerprint density at radius 1 is 1.00 bits per heavy atom. The Kier molecular flexibility index (Phi) is 7.67. The molecule has 4 heteroatoms. The topological polar surface area (TPSA) is 37.8 Å². The Morgan fingerprint density at radius 3 is 2.00 bits per heavy atom. The van der Waals surface area contributed by atoms with Gasteiger partial charge < -0.3 is 5.32 Å². The van der Waals surface area contributed by atoms with Crippen molar-refractivity contribution in [2.45, 2.75) is 71.3 Å². The van der Waals surface area contributed by atoms with E-state index in [1.807, 2.05) is 11.8 Å². The first-order chi connectivity index (χ1) is 9.91. The molecule has 0 atom stereocenters. The lowest BCUT2D eigenvalue weighted by atomic mass is 10.0. The summed E-state index contributed by atoms with van der Waals surface area (Å²) in [6.45, 7) is 15.3. The molecule has 0 saturated carbocycles. The molecule has 1 N–H and O–H groups in total. The van der Waals surface area contributed by atoms with E-state index in [1.54, 1.807) is 0 Å². The summed E-state index contributed by atoms with van der Waals surface area (Å²) in [6.07, 6.45) is 3.02. The Labute approximate surface area is 134 Å². The van der Waals surface area contributed by atoms with Crippen LogP contribution in [0, 0.1) is 0 Å². The van der Waals surface area contributed by atoms with Crippen molar-refractivity contribution < 1.29 is 0 Å². The minimum absolute atomic E-state index is 0.256. The Balaban J connectivity index is 2.94. The first kappa shape index (κ1) is 18.4. The van der Waals surface area contributed by atoms with Crippen LogP contribution in [0.4, 0.5) is 0 Å². The summed E-state index contributed by atoms with van der Waals surface area (Å²) in [7, 11) is 0.